The van der Waals surface area contributed by atoms with Crippen LogP contribution in [0.1, 0.15) is 73.4 Å². The van der Waals surface area contributed by atoms with Crippen molar-refractivity contribution in [2.75, 3.05) is 13.6 Å². The number of nitrogens with one attached hydrogen (secondary N) is 1. The van der Waals surface area contributed by atoms with E-state index in [1.165, 1.54) is 23.3 Å². The fourth-order valence-corrected chi connectivity index (χ4v) is 6.64. The van der Waals surface area contributed by atoms with Crippen molar-refractivity contribution in [2.24, 2.45) is 0 Å². The summed E-state index contributed by atoms with van der Waals surface area (Å²) in [6.07, 6.45) is -1.05. The number of aliphatic hydroxyl groups is 1. The third kappa shape index (κ3) is 8.90. The van der Waals surface area contributed by atoms with Crippen LogP contribution in [0, 0.1) is 0 Å². The minimum Gasteiger partial charge on any atom is -0.453 e. The van der Waals surface area contributed by atoms with Crippen molar-refractivity contribution >= 4 is 22.6 Å². The highest BCUT2D eigenvalue weighted by atomic mass is 16.7. The standard InChI is InChI=1S/C43H46N2O6/c1-28(36-22-17-32-9-5-6-10-37(32)23-36)45(4)26-39-24-41(34-15-13-31(27-46)14-16-34)51-43(50-39)35-20-18-33(19-21-35)40-12-8-7-11-38(40)25-44-42(48)29(2)49-30(3)47/h5-23,28-29,39,41,43,46H,24-27H2,1-4H3,(H,44,48)/t28-,29+,39-,41+,43+/m1/s1. The lowest BCUT2D eigenvalue weighted by atomic mass is 9.97. The number of carbonyl (C=O) groups excluding carboxylic acids is 2. The van der Waals surface area contributed by atoms with Crippen LogP contribution in [0.2, 0.25) is 0 Å². The number of hydrogen-bond donors (Lipinski definition) is 2. The average molecular weight is 687 g/mol. The van der Waals surface area contributed by atoms with Gasteiger partial charge in [0.2, 0.25) is 0 Å². The number of ether oxygens (including phenoxy) is 3. The van der Waals surface area contributed by atoms with Crippen LogP contribution >= 0.6 is 0 Å². The van der Waals surface area contributed by atoms with E-state index in [0.29, 0.717) is 19.5 Å². The maximum absolute atomic E-state index is 12.5. The molecule has 8 nitrogen and oxygen atoms in total. The highest BCUT2D eigenvalue weighted by Crippen LogP contribution is 2.39. The summed E-state index contributed by atoms with van der Waals surface area (Å²) in [5.41, 5.74) is 6.98. The number of nitrogens with zero attached hydrogens (tertiary/aromatic N) is 1. The molecule has 1 amide bonds. The Morgan fingerprint density at radius 1 is 0.863 bits per heavy atom. The van der Waals surface area contributed by atoms with Gasteiger partial charge in [-0.2, -0.15) is 0 Å². The second kappa shape index (κ2) is 16.4. The van der Waals surface area contributed by atoms with Crippen molar-refractivity contribution in [3.63, 3.8) is 0 Å². The lowest BCUT2D eigenvalue weighted by Gasteiger charge is -2.39. The minimum atomic E-state index is -0.869. The summed E-state index contributed by atoms with van der Waals surface area (Å²) in [5, 5.41) is 14.9. The second-order valence-electron chi connectivity index (χ2n) is 13.3. The number of benzene rings is 5. The molecule has 0 saturated carbocycles. The fourth-order valence-electron chi connectivity index (χ4n) is 6.64. The Balaban J connectivity index is 1.19. The van der Waals surface area contributed by atoms with Gasteiger partial charge in [0.25, 0.3) is 5.91 Å². The maximum Gasteiger partial charge on any atom is 0.303 e. The molecule has 5 aromatic carbocycles. The van der Waals surface area contributed by atoms with Crippen molar-refractivity contribution in [3.05, 3.63) is 143 Å². The summed E-state index contributed by atoms with van der Waals surface area (Å²) in [5.74, 6) is -0.849. The number of rotatable bonds is 12. The zero-order valence-electron chi connectivity index (χ0n) is 29.6. The van der Waals surface area contributed by atoms with E-state index in [4.69, 9.17) is 14.2 Å². The molecule has 0 aliphatic carbocycles. The highest BCUT2D eigenvalue weighted by molar-refractivity contribution is 5.84. The zero-order chi connectivity index (χ0) is 35.9. The van der Waals surface area contributed by atoms with Gasteiger partial charge < -0.3 is 24.6 Å². The molecule has 1 saturated heterocycles. The molecule has 5 aromatic rings. The summed E-state index contributed by atoms with van der Waals surface area (Å²) >= 11 is 0. The summed E-state index contributed by atoms with van der Waals surface area (Å²) in [7, 11) is 2.14. The lowest BCUT2D eigenvalue weighted by Crippen LogP contribution is -2.38. The smallest absolute Gasteiger partial charge is 0.303 e. The molecule has 0 spiro atoms. The molecule has 51 heavy (non-hydrogen) atoms. The van der Waals surface area contributed by atoms with Crippen LogP contribution < -0.4 is 5.32 Å². The summed E-state index contributed by atoms with van der Waals surface area (Å²) in [4.78, 5) is 26.1. The number of carbonyl (C=O) groups is 2. The van der Waals surface area contributed by atoms with E-state index >= 15 is 0 Å². The minimum absolute atomic E-state index is 0.00707. The van der Waals surface area contributed by atoms with Gasteiger partial charge in [-0.15, -0.1) is 0 Å². The van der Waals surface area contributed by atoms with E-state index in [1.54, 1.807) is 6.92 Å². The Morgan fingerprint density at radius 3 is 2.27 bits per heavy atom. The van der Waals surface area contributed by atoms with Gasteiger partial charge in [-0.1, -0.05) is 109 Å². The molecular formula is C43H46N2O6. The van der Waals surface area contributed by atoms with Gasteiger partial charge in [0, 0.05) is 38.0 Å². The van der Waals surface area contributed by atoms with Gasteiger partial charge >= 0.3 is 5.97 Å². The maximum atomic E-state index is 12.5. The Morgan fingerprint density at radius 2 is 1.55 bits per heavy atom. The van der Waals surface area contributed by atoms with E-state index in [0.717, 1.165) is 33.4 Å². The predicted octanol–water partition coefficient (Wildman–Crippen LogP) is 7.81. The Kier molecular flexibility index (Phi) is 11.6. The third-order valence-corrected chi connectivity index (χ3v) is 9.70. The van der Waals surface area contributed by atoms with Crippen LogP contribution in [0.3, 0.4) is 0 Å². The van der Waals surface area contributed by atoms with Crippen molar-refractivity contribution in [1.82, 2.24) is 10.2 Å². The highest BCUT2D eigenvalue weighted by Gasteiger charge is 2.33. The molecule has 0 aromatic heterocycles. The Bertz CT molecular complexity index is 1940. The molecule has 0 bridgehead atoms. The number of amides is 1. The van der Waals surface area contributed by atoms with Crippen LogP contribution in [0.4, 0.5) is 0 Å². The van der Waals surface area contributed by atoms with Crippen LogP contribution in [-0.4, -0.2) is 47.7 Å². The molecule has 0 unspecified atom stereocenters. The van der Waals surface area contributed by atoms with Gasteiger partial charge in [0.15, 0.2) is 12.4 Å². The summed E-state index contributed by atoms with van der Waals surface area (Å²) in [6, 6.07) is 39.3. The average Bonchev–Trinajstić information content (AvgIpc) is 3.16. The van der Waals surface area contributed by atoms with E-state index in [9.17, 15) is 14.7 Å². The number of hydrogen-bond acceptors (Lipinski definition) is 7. The first-order valence-electron chi connectivity index (χ1n) is 17.5. The van der Waals surface area contributed by atoms with Crippen molar-refractivity contribution in [3.8, 4) is 11.1 Å². The zero-order valence-corrected chi connectivity index (χ0v) is 29.6. The Labute approximate surface area is 300 Å². The number of fused-ring (bicyclic) bond motifs is 1. The molecule has 1 fully saturated rings. The second-order valence-corrected chi connectivity index (χ2v) is 13.3. The van der Waals surface area contributed by atoms with Crippen molar-refractivity contribution < 1.29 is 28.9 Å². The van der Waals surface area contributed by atoms with Crippen molar-refractivity contribution in [2.45, 2.75) is 71.0 Å². The van der Waals surface area contributed by atoms with E-state index in [2.05, 4.69) is 66.7 Å². The lowest BCUT2D eigenvalue weighted by molar-refractivity contribution is -0.253. The van der Waals surface area contributed by atoms with Crippen molar-refractivity contribution in [1.29, 1.82) is 0 Å². The van der Waals surface area contributed by atoms with Gasteiger partial charge in [-0.25, -0.2) is 0 Å². The molecule has 8 heteroatoms. The monoisotopic (exact) mass is 686 g/mol. The molecule has 2 N–H and O–H groups in total. The Hall–Kier alpha value is -4.86. The summed E-state index contributed by atoms with van der Waals surface area (Å²) < 4.78 is 18.3. The normalized spacial score (nSPS) is 18.7. The number of likely N-dealkylation sites (N-methyl/N-ethyl adjacent to an activating group) is 1. The number of esters is 1. The third-order valence-electron chi connectivity index (χ3n) is 9.70. The molecule has 0 radical (unpaired) electrons. The van der Waals surface area contributed by atoms with Gasteiger partial charge in [-0.3, -0.25) is 14.5 Å². The SMILES string of the molecule is CC(=O)O[C@@H](C)C(=O)NCc1ccccc1-c1ccc([C@H]2O[C@@H](CN(C)[C@H](C)c3ccc4ccccc4c3)C[C@@H](c3ccc(CO)cc3)O2)cc1. The van der Waals surface area contributed by atoms with Crippen LogP contribution in [-0.2, 0) is 37.0 Å². The van der Waals surface area contributed by atoms with Gasteiger partial charge in [0.1, 0.15) is 0 Å². The fraction of sp³-hybridized carbons (Fsp3) is 0.302. The predicted molar refractivity (Wildman–Crippen MR) is 198 cm³/mol. The van der Waals surface area contributed by atoms with E-state index < -0.39 is 18.4 Å². The van der Waals surface area contributed by atoms with Crippen LogP contribution in [0.15, 0.2) is 115 Å². The van der Waals surface area contributed by atoms with E-state index in [1.807, 2.05) is 72.8 Å². The molecule has 264 valence electrons. The molecule has 1 heterocycles. The molecule has 1 aliphatic heterocycles. The first-order chi connectivity index (χ1) is 24.7. The van der Waals surface area contributed by atoms with E-state index in [-0.39, 0.29) is 30.8 Å². The topological polar surface area (TPSA) is 97.3 Å². The molecule has 5 atom stereocenters. The first kappa shape index (κ1) is 35.9. The molecule has 6 rings (SSSR count). The van der Waals surface area contributed by atoms with Gasteiger partial charge in [0.05, 0.1) is 18.8 Å². The van der Waals surface area contributed by atoms with Gasteiger partial charge in [-0.05, 0) is 71.1 Å². The van der Waals surface area contributed by atoms with Crippen LogP contribution in [0.25, 0.3) is 21.9 Å². The summed E-state index contributed by atoms with van der Waals surface area (Å²) in [6.45, 7) is 6.07. The molecular weight excluding hydrogens is 640 g/mol. The molecule has 1 aliphatic rings. The largest absolute Gasteiger partial charge is 0.453 e. The quantitative estimate of drug-likeness (QED) is 0.129. The van der Waals surface area contributed by atoms with Crippen LogP contribution in [0.5, 0.6) is 0 Å². The number of aliphatic hydroxyl groups excluding tert-OH is 1. The first-order valence-corrected chi connectivity index (χ1v) is 17.5.